The summed E-state index contributed by atoms with van der Waals surface area (Å²) in [6.07, 6.45) is 0.943. The van der Waals surface area contributed by atoms with Crippen molar-refractivity contribution >= 4 is 5.91 Å². The lowest BCUT2D eigenvalue weighted by atomic mass is 9.97. The molecule has 0 radical (unpaired) electrons. The van der Waals surface area contributed by atoms with Crippen molar-refractivity contribution in [2.75, 3.05) is 27.2 Å². The molecule has 4 nitrogen and oxygen atoms in total. The first-order valence-corrected chi connectivity index (χ1v) is 5.95. The van der Waals surface area contributed by atoms with E-state index in [1.165, 1.54) is 0 Å². The van der Waals surface area contributed by atoms with Gasteiger partial charge in [-0.15, -0.1) is 0 Å². The molecule has 1 amide bonds. The van der Waals surface area contributed by atoms with Gasteiger partial charge in [0.1, 0.15) is 0 Å². The molecule has 96 valence electrons. The topological polar surface area (TPSA) is 49.6 Å². The molecule has 16 heavy (non-hydrogen) atoms. The Kier molecular flexibility index (Phi) is 5.97. The van der Waals surface area contributed by atoms with Gasteiger partial charge in [0.05, 0.1) is 6.54 Å². The summed E-state index contributed by atoms with van der Waals surface area (Å²) in [7, 11) is 3.80. The van der Waals surface area contributed by atoms with Crippen molar-refractivity contribution in [1.82, 2.24) is 9.80 Å². The Morgan fingerprint density at radius 2 is 1.88 bits per heavy atom. The van der Waals surface area contributed by atoms with E-state index >= 15 is 0 Å². The molecule has 0 rings (SSSR count). The number of hydrogen-bond acceptors (Lipinski definition) is 3. The van der Waals surface area contributed by atoms with Crippen LogP contribution in [-0.4, -0.2) is 54.5 Å². The Labute approximate surface area is 99.8 Å². The van der Waals surface area contributed by atoms with Gasteiger partial charge >= 0.3 is 0 Å². The normalized spacial score (nSPS) is 15.3. The van der Waals surface area contributed by atoms with Gasteiger partial charge in [-0.3, -0.25) is 9.69 Å². The lowest BCUT2D eigenvalue weighted by molar-refractivity contribution is -0.133. The van der Waals surface area contributed by atoms with Gasteiger partial charge < -0.3 is 10.6 Å². The summed E-state index contributed by atoms with van der Waals surface area (Å²) in [6, 6.07) is 0.242. The van der Waals surface area contributed by atoms with Crippen LogP contribution in [0.25, 0.3) is 0 Å². The lowest BCUT2D eigenvalue weighted by Gasteiger charge is -2.38. The number of carbonyl (C=O) groups excluding carboxylic acids is 1. The van der Waals surface area contributed by atoms with Crippen LogP contribution in [0.4, 0.5) is 0 Å². The van der Waals surface area contributed by atoms with Gasteiger partial charge in [0.15, 0.2) is 0 Å². The fourth-order valence-electron chi connectivity index (χ4n) is 1.36. The zero-order chi connectivity index (χ0) is 12.9. The van der Waals surface area contributed by atoms with E-state index in [9.17, 15) is 4.79 Å². The van der Waals surface area contributed by atoms with E-state index in [1.54, 1.807) is 4.90 Å². The lowest BCUT2D eigenvalue weighted by Crippen LogP contribution is -2.53. The van der Waals surface area contributed by atoms with Gasteiger partial charge in [-0.05, 0) is 34.2 Å². The van der Waals surface area contributed by atoms with E-state index in [2.05, 4.69) is 13.8 Å². The second kappa shape index (κ2) is 6.21. The first-order chi connectivity index (χ1) is 7.28. The third-order valence-corrected chi connectivity index (χ3v) is 3.66. The number of amides is 1. The first kappa shape index (κ1) is 15.4. The fraction of sp³-hybridized carbons (Fsp3) is 0.917. The molecule has 0 fully saturated rings. The van der Waals surface area contributed by atoms with E-state index < -0.39 is 0 Å². The Morgan fingerprint density at radius 3 is 2.19 bits per heavy atom. The van der Waals surface area contributed by atoms with Crippen LogP contribution in [0, 0.1) is 0 Å². The van der Waals surface area contributed by atoms with Crippen molar-refractivity contribution in [3.63, 3.8) is 0 Å². The van der Waals surface area contributed by atoms with E-state index in [4.69, 9.17) is 5.73 Å². The maximum atomic E-state index is 11.9. The molecule has 0 saturated heterocycles. The molecule has 4 heteroatoms. The minimum atomic E-state index is -0.0898. The van der Waals surface area contributed by atoms with Gasteiger partial charge in [-0.2, -0.15) is 0 Å². The van der Waals surface area contributed by atoms with Crippen LogP contribution in [0.5, 0.6) is 0 Å². The van der Waals surface area contributed by atoms with Gasteiger partial charge in [0.2, 0.25) is 5.91 Å². The van der Waals surface area contributed by atoms with Crippen LogP contribution in [0.2, 0.25) is 0 Å². The summed E-state index contributed by atoms with van der Waals surface area (Å²) < 4.78 is 0. The van der Waals surface area contributed by atoms with Crippen molar-refractivity contribution < 1.29 is 4.79 Å². The van der Waals surface area contributed by atoms with Crippen LogP contribution in [0.1, 0.15) is 34.1 Å². The van der Waals surface area contributed by atoms with Gasteiger partial charge in [0, 0.05) is 25.2 Å². The molecule has 1 unspecified atom stereocenters. The van der Waals surface area contributed by atoms with Crippen LogP contribution in [-0.2, 0) is 4.79 Å². The zero-order valence-electron chi connectivity index (χ0n) is 11.6. The molecule has 0 aliphatic heterocycles. The average Bonchev–Trinajstić information content (AvgIpc) is 2.26. The number of nitrogens with zero attached hydrogens (tertiary/aromatic N) is 2. The van der Waals surface area contributed by atoms with Crippen LogP contribution in [0.15, 0.2) is 0 Å². The van der Waals surface area contributed by atoms with Gasteiger partial charge in [-0.1, -0.05) is 6.92 Å². The maximum absolute atomic E-state index is 11.9. The highest BCUT2D eigenvalue weighted by atomic mass is 16.2. The SMILES string of the molecule is CCC(C)(CN)N(C)CC(=O)N(C)C(C)C. The summed E-state index contributed by atoms with van der Waals surface area (Å²) in [6.45, 7) is 9.21. The Bertz CT molecular complexity index is 224. The number of likely N-dealkylation sites (N-methyl/N-ethyl adjacent to an activating group) is 2. The summed E-state index contributed by atoms with van der Waals surface area (Å²) in [5.74, 6) is 0.144. The molecule has 2 N–H and O–H groups in total. The number of hydrogen-bond donors (Lipinski definition) is 1. The van der Waals surface area contributed by atoms with Crippen molar-refractivity contribution in [3.05, 3.63) is 0 Å². The van der Waals surface area contributed by atoms with Gasteiger partial charge in [0.25, 0.3) is 0 Å². The molecule has 0 aromatic carbocycles. The summed E-state index contributed by atoms with van der Waals surface area (Å²) >= 11 is 0. The summed E-state index contributed by atoms with van der Waals surface area (Å²) in [5, 5.41) is 0. The van der Waals surface area contributed by atoms with Crippen LogP contribution >= 0.6 is 0 Å². The highest BCUT2D eigenvalue weighted by Crippen LogP contribution is 2.15. The summed E-state index contributed by atoms with van der Waals surface area (Å²) in [5.41, 5.74) is 5.67. The van der Waals surface area contributed by atoms with Crippen molar-refractivity contribution in [1.29, 1.82) is 0 Å². The predicted molar refractivity (Wildman–Crippen MR) is 68.3 cm³/mol. The Balaban J connectivity index is 4.44. The molecule has 0 aliphatic carbocycles. The molecule has 0 bridgehead atoms. The van der Waals surface area contributed by atoms with Crippen LogP contribution < -0.4 is 5.73 Å². The molecule has 0 spiro atoms. The second-order valence-electron chi connectivity index (χ2n) is 5.01. The van der Waals surface area contributed by atoms with E-state index in [1.807, 2.05) is 32.8 Å². The monoisotopic (exact) mass is 229 g/mol. The average molecular weight is 229 g/mol. The van der Waals surface area contributed by atoms with Gasteiger partial charge in [-0.25, -0.2) is 0 Å². The molecule has 0 saturated carbocycles. The second-order valence-corrected chi connectivity index (χ2v) is 5.01. The Morgan fingerprint density at radius 1 is 1.38 bits per heavy atom. The molecule has 0 aromatic rings. The molecule has 0 aliphatic rings. The molecular weight excluding hydrogens is 202 g/mol. The van der Waals surface area contributed by atoms with Crippen molar-refractivity contribution in [2.24, 2.45) is 5.73 Å². The first-order valence-electron chi connectivity index (χ1n) is 5.95. The van der Waals surface area contributed by atoms with Crippen molar-refractivity contribution in [3.8, 4) is 0 Å². The van der Waals surface area contributed by atoms with E-state index in [0.29, 0.717) is 13.1 Å². The summed E-state index contributed by atoms with van der Waals surface area (Å²) in [4.78, 5) is 15.7. The third-order valence-electron chi connectivity index (χ3n) is 3.66. The fourth-order valence-corrected chi connectivity index (χ4v) is 1.36. The number of rotatable bonds is 6. The minimum absolute atomic E-state index is 0.0898. The van der Waals surface area contributed by atoms with Crippen LogP contribution in [0.3, 0.4) is 0 Å². The Hall–Kier alpha value is -0.610. The third kappa shape index (κ3) is 3.76. The number of nitrogens with two attached hydrogens (primary N) is 1. The molecular formula is C12H27N3O. The smallest absolute Gasteiger partial charge is 0.236 e. The quantitative estimate of drug-likeness (QED) is 0.736. The standard InChI is InChI=1S/C12H27N3O/c1-7-12(4,9-13)14(5)8-11(16)15(6)10(2)3/h10H,7-9,13H2,1-6H3. The van der Waals surface area contributed by atoms with E-state index in [-0.39, 0.29) is 17.5 Å². The predicted octanol–water partition coefficient (Wildman–Crippen LogP) is 0.912. The van der Waals surface area contributed by atoms with E-state index in [0.717, 1.165) is 6.42 Å². The highest BCUT2D eigenvalue weighted by Gasteiger charge is 2.28. The molecule has 1 atom stereocenters. The largest absolute Gasteiger partial charge is 0.342 e. The zero-order valence-corrected chi connectivity index (χ0v) is 11.6. The molecule has 0 heterocycles. The number of carbonyl (C=O) groups is 1. The maximum Gasteiger partial charge on any atom is 0.236 e. The highest BCUT2D eigenvalue weighted by molar-refractivity contribution is 5.78. The van der Waals surface area contributed by atoms with Crippen molar-refractivity contribution in [2.45, 2.75) is 45.7 Å². The minimum Gasteiger partial charge on any atom is -0.342 e. The molecule has 0 aromatic heterocycles.